The standard InChI is InChI=1S/C25H21BrOS/c1-16-4-8-19(9-5-16)24-22(18-12-14-21(27-3)15-13-18)23(26)25(28-24)20-10-6-17(2)7-11-20/h4-15H,1-3H3. The maximum atomic E-state index is 5.34. The normalized spacial score (nSPS) is 10.9. The molecule has 0 aliphatic carbocycles. The van der Waals surface area contributed by atoms with E-state index in [1.165, 1.54) is 43.1 Å². The van der Waals surface area contributed by atoms with Crippen molar-refractivity contribution < 1.29 is 4.74 Å². The molecule has 3 heteroatoms. The fourth-order valence-corrected chi connectivity index (χ4v) is 5.48. The number of benzene rings is 3. The summed E-state index contributed by atoms with van der Waals surface area (Å²) in [5.74, 6) is 0.866. The first-order valence-corrected chi connectivity index (χ1v) is 10.8. The third kappa shape index (κ3) is 3.65. The number of methoxy groups -OCH3 is 1. The average molecular weight is 449 g/mol. The fraction of sp³-hybridized carbons (Fsp3) is 0.120. The highest BCUT2D eigenvalue weighted by molar-refractivity contribution is 9.10. The fourth-order valence-electron chi connectivity index (χ4n) is 3.23. The second-order valence-electron chi connectivity index (χ2n) is 6.91. The first kappa shape index (κ1) is 19.0. The van der Waals surface area contributed by atoms with Gasteiger partial charge in [0.15, 0.2) is 0 Å². The zero-order chi connectivity index (χ0) is 19.7. The summed E-state index contributed by atoms with van der Waals surface area (Å²) in [6, 6.07) is 25.8. The van der Waals surface area contributed by atoms with Crippen LogP contribution in [0.2, 0.25) is 0 Å². The number of ether oxygens (including phenoxy) is 1. The van der Waals surface area contributed by atoms with Crippen molar-refractivity contribution in [3.8, 4) is 37.8 Å². The first-order chi connectivity index (χ1) is 13.6. The van der Waals surface area contributed by atoms with E-state index >= 15 is 0 Å². The van der Waals surface area contributed by atoms with E-state index in [-0.39, 0.29) is 0 Å². The molecule has 0 spiro atoms. The van der Waals surface area contributed by atoms with E-state index in [2.05, 4.69) is 90.4 Å². The molecule has 140 valence electrons. The Kier molecular flexibility index (Phi) is 5.38. The van der Waals surface area contributed by atoms with Gasteiger partial charge >= 0.3 is 0 Å². The summed E-state index contributed by atoms with van der Waals surface area (Å²) in [4.78, 5) is 2.52. The monoisotopic (exact) mass is 448 g/mol. The molecule has 0 saturated carbocycles. The Balaban J connectivity index is 1.93. The van der Waals surface area contributed by atoms with Crippen LogP contribution in [0.3, 0.4) is 0 Å². The molecule has 1 aromatic heterocycles. The van der Waals surface area contributed by atoms with Crippen LogP contribution in [0.15, 0.2) is 77.3 Å². The number of hydrogen-bond donors (Lipinski definition) is 0. The predicted molar refractivity (Wildman–Crippen MR) is 124 cm³/mol. The van der Waals surface area contributed by atoms with Crippen LogP contribution in [-0.2, 0) is 0 Å². The van der Waals surface area contributed by atoms with Crippen LogP contribution < -0.4 is 4.74 Å². The Morgan fingerprint density at radius 3 is 1.61 bits per heavy atom. The molecular formula is C25H21BrOS. The Morgan fingerprint density at radius 1 is 0.643 bits per heavy atom. The number of hydrogen-bond acceptors (Lipinski definition) is 2. The van der Waals surface area contributed by atoms with Crippen molar-refractivity contribution in [2.24, 2.45) is 0 Å². The minimum Gasteiger partial charge on any atom is -0.497 e. The molecule has 1 nitrogen and oxygen atoms in total. The van der Waals surface area contributed by atoms with Crippen molar-refractivity contribution in [2.75, 3.05) is 7.11 Å². The molecule has 3 aromatic carbocycles. The topological polar surface area (TPSA) is 9.23 Å². The highest BCUT2D eigenvalue weighted by atomic mass is 79.9. The highest BCUT2D eigenvalue weighted by Gasteiger charge is 2.20. The van der Waals surface area contributed by atoms with Gasteiger partial charge in [-0.15, -0.1) is 11.3 Å². The lowest BCUT2D eigenvalue weighted by molar-refractivity contribution is 0.415. The second kappa shape index (κ2) is 7.94. The van der Waals surface area contributed by atoms with Crippen molar-refractivity contribution in [2.45, 2.75) is 13.8 Å². The molecule has 0 unspecified atom stereocenters. The number of rotatable bonds is 4. The lowest BCUT2D eigenvalue weighted by atomic mass is 10.0. The molecule has 4 aromatic rings. The molecule has 0 amide bonds. The van der Waals surface area contributed by atoms with Gasteiger partial charge in [-0.05, 0) is 58.6 Å². The van der Waals surface area contributed by atoms with Gasteiger partial charge in [-0.3, -0.25) is 0 Å². The molecule has 0 atom stereocenters. The van der Waals surface area contributed by atoms with Gasteiger partial charge in [-0.25, -0.2) is 0 Å². The smallest absolute Gasteiger partial charge is 0.118 e. The van der Waals surface area contributed by atoms with Crippen molar-refractivity contribution in [1.29, 1.82) is 0 Å². The minimum atomic E-state index is 0.866. The number of thiophene rings is 1. The molecule has 0 radical (unpaired) electrons. The molecule has 0 aliphatic heterocycles. The van der Waals surface area contributed by atoms with Gasteiger partial charge in [0.05, 0.1) is 7.11 Å². The summed E-state index contributed by atoms with van der Waals surface area (Å²) in [6.45, 7) is 4.24. The molecule has 28 heavy (non-hydrogen) atoms. The summed E-state index contributed by atoms with van der Waals surface area (Å²) in [5.41, 5.74) is 7.41. The zero-order valence-electron chi connectivity index (χ0n) is 16.1. The Labute approximate surface area is 178 Å². The van der Waals surface area contributed by atoms with E-state index in [1.54, 1.807) is 7.11 Å². The second-order valence-corrected chi connectivity index (χ2v) is 8.72. The van der Waals surface area contributed by atoms with E-state index in [0.717, 1.165) is 10.2 Å². The lowest BCUT2D eigenvalue weighted by Gasteiger charge is -2.07. The van der Waals surface area contributed by atoms with Crippen molar-refractivity contribution in [1.82, 2.24) is 0 Å². The van der Waals surface area contributed by atoms with Crippen LogP contribution in [0.5, 0.6) is 5.75 Å². The molecule has 0 N–H and O–H groups in total. The van der Waals surface area contributed by atoms with Crippen LogP contribution in [0.1, 0.15) is 11.1 Å². The first-order valence-electron chi connectivity index (χ1n) is 9.17. The molecule has 0 fully saturated rings. The van der Waals surface area contributed by atoms with Gasteiger partial charge in [-0.2, -0.15) is 0 Å². The van der Waals surface area contributed by atoms with Gasteiger partial charge in [0, 0.05) is 19.8 Å². The summed E-state index contributed by atoms with van der Waals surface area (Å²) in [7, 11) is 1.70. The van der Waals surface area contributed by atoms with Crippen LogP contribution >= 0.6 is 27.3 Å². The Hall–Kier alpha value is -2.36. The largest absolute Gasteiger partial charge is 0.497 e. The van der Waals surface area contributed by atoms with Gasteiger partial charge in [0.25, 0.3) is 0 Å². The molecule has 4 rings (SSSR count). The maximum absolute atomic E-state index is 5.34. The van der Waals surface area contributed by atoms with Crippen LogP contribution in [0.4, 0.5) is 0 Å². The average Bonchev–Trinajstić information content (AvgIpc) is 3.06. The third-order valence-corrected chi connectivity index (χ3v) is 7.20. The third-order valence-electron chi connectivity index (χ3n) is 4.86. The van der Waals surface area contributed by atoms with E-state index in [0.29, 0.717) is 0 Å². The lowest BCUT2D eigenvalue weighted by Crippen LogP contribution is -1.84. The highest BCUT2D eigenvalue weighted by Crippen LogP contribution is 2.50. The molecular weight excluding hydrogens is 428 g/mol. The molecule has 0 aliphatic rings. The van der Waals surface area contributed by atoms with Gasteiger partial charge in [-0.1, -0.05) is 71.8 Å². The summed E-state index contributed by atoms with van der Waals surface area (Å²) < 4.78 is 6.48. The minimum absolute atomic E-state index is 0.866. The Bertz CT molecular complexity index is 1090. The van der Waals surface area contributed by atoms with Gasteiger partial charge in [0.2, 0.25) is 0 Å². The van der Waals surface area contributed by atoms with Crippen molar-refractivity contribution in [3.05, 3.63) is 88.4 Å². The summed E-state index contributed by atoms with van der Waals surface area (Å²) in [5, 5.41) is 0. The predicted octanol–water partition coefficient (Wildman–Crippen LogP) is 8.14. The quantitative estimate of drug-likeness (QED) is 0.306. The van der Waals surface area contributed by atoms with E-state index in [1.807, 2.05) is 23.5 Å². The van der Waals surface area contributed by atoms with E-state index in [4.69, 9.17) is 4.74 Å². The Morgan fingerprint density at radius 2 is 1.11 bits per heavy atom. The SMILES string of the molecule is COc1ccc(-c2c(-c3ccc(C)cc3)sc(-c3ccc(C)cc3)c2Br)cc1. The zero-order valence-corrected chi connectivity index (χ0v) is 18.5. The molecule has 0 bridgehead atoms. The van der Waals surface area contributed by atoms with Crippen molar-refractivity contribution >= 4 is 27.3 Å². The molecule has 0 saturated heterocycles. The summed E-state index contributed by atoms with van der Waals surface area (Å²) >= 11 is 5.75. The van der Waals surface area contributed by atoms with Crippen molar-refractivity contribution in [3.63, 3.8) is 0 Å². The van der Waals surface area contributed by atoms with Crippen LogP contribution in [0, 0.1) is 13.8 Å². The van der Waals surface area contributed by atoms with Crippen LogP contribution in [0.25, 0.3) is 32.0 Å². The maximum Gasteiger partial charge on any atom is 0.118 e. The molecule has 1 heterocycles. The summed E-state index contributed by atoms with van der Waals surface area (Å²) in [6.07, 6.45) is 0. The van der Waals surface area contributed by atoms with E-state index < -0.39 is 0 Å². The van der Waals surface area contributed by atoms with Gasteiger partial charge < -0.3 is 4.74 Å². The number of halogens is 1. The van der Waals surface area contributed by atoms with Gasteiger partial charge in [0.1, 0.15) is 5.75 Å². The number of aryl methyl sites for hydroxylation is 2. The van der Waals surface area contributed by atoms with E-state index in [9.17, 15) is 0 Å². The van der Waals surface area contributed by atoms with Crippen LogP contribution in [-0.4, -0.2) is 7.11 Å².